The molecule has 0 amide bonds. The third kappa shape index (κ3) is 3.94. The Morgan fingerprint density at radius 2 is 1.94 bits per heavy atom. The highest BCUT2D eigenvalue weighted by Gasteiger charge is 2.15. The molecular weight excluding hydrogens is 240 g/mol. The van der Waals surface area contributed by atoms with Gasteiger partial charge in [0.2, 0.25) is 16.0 Å². The quantitative estimate of drug-likeness (QED) is 0.790. The molecule has 6 nitrogen and oxygen atoms in total. The minimum absolute atomic E-state index is 0.0832. The number of sulfonamides is 1. The van der Waals surface area contributed by atoms with Crippen LogP contribution in [0.15, 0.2) is 17.3 Å². The average molecular weight is 258 g/mol. The first-order valence-corrected chi connectivity index (χ1v) is 6.97. The molecule has 1 heterocycles. The number of hydrogen-bond acceptors (Lipinski definition) is 5. The van der Waals surface area contributed by atoms with Crippen LogP contribution in [-0.2, 0) is 10.0 Å². The fourth-order valence-electron chi connectivity index (χ4n) is 1.06. The van der Waals surface area contributed by atoms with E-state index < -0.39 is 10.0 Å². The van der Waals surface area contributed by atoms with E-state index in [0.29, 0.717) is 18.4 Å². The highest BCUT2D eigenvalue weighted by Crippen LogP contribution is 2.08. The number of aromatic nitrogens is 2. The Balaban J connectivity index is 2.75. The van der Waals surface area contributed by atoms with Crippen LogP contribution in [0.4, 0.5) is 5.95 Å². The summed E-state index contributed by atoms with van der Waals surface area (Å²) in [6.45, 7) is 4.43. The van der Waals surface area contributed by atoms with Gasteiger partial charge in [0, 0.05) is 13.6 Å². The maximum atomic E-state index is 11.8. The smallest absolute Gasteiger partial charge is 0.243 e. The van der Waals surface area contributed by atoms with E-state index in [1.807, 2.05) is 13.8 Å². The van der Waals surface area contributed by atoms with Crippen LogP contribution in [0.5, 0.6) is 0 Å². The number of rotatable bonds is 6. The van der Waals surface area contributed by atoms with Crippen molar-refractivity contribution >= 4 is 16.0 Å². The van der Waals surface area contributed by atoms with Gasteiger partial charge in [0.05, 0.1) is 12.4 Å². The standard InChI is InChI=1S/C10H18N4O2S/c1-4-8(2)5-14-17(15,16)9-6-12-10(11-3)13-7-9/h6-8,14H,4-5H2,1-3H3,(H,11,12,13). The van der Waals surface area contributed by atoms with E-state index in [2.05, 4.69) is 20.0 Å². The number of hydrogen-bond donors (Lipinski definition) is 2. The molecule has 17 heavy (non-hydrogen) atoms. The van der Waals surface area contributed by atoms with Crippen molar-refractivity contribution in [2.45, 2.75) is 25.2 Å². The van der Waals surface area contributed by atoms with E-state index in [1.165, 1.54) is 12.4 Å². The molecule has 0 saturated heterocycles. The Hall–Kier alpha value is -1.21. The molecule has 1 aromatic heterocycles. The summed E-state index contributed by atoms with van der Waals surface area (Å²) in [6.07, 6.45) is 3.51. The first kappa shape index (κ1) is 13.9. The lowest BCUT2D eigenvalue weighted by Crippen LogP contribution is -2.28. The predicted molar refractivity (Wildman–Crippen MR) is 66.2 cm³/mol. The highest BCUT2D eigenvalue weighted by atomic mass is 32.2. The Kier molecular flexibility index (Phi) is 4.83. The fourth-order valence-corrected chi connectivity index (χ4v) is 2.12. The number of nitrogens with one attached hydrogen (secondary N) is 2. The van der Waals surface area contributed by atoms with Crippen LogP contribution in [0.25, 0.3) is 0 Å². The maximum Gasteiger partial charge on any atom is 0.243 e. The molecule has 1 rings (SSSR count). The molecule has 0 aromatic carbocycles. The summed E-state index contributed by atoms with van der Waals surface area (Å²) in [5, 5.41) is 2.73. The second kappa shape index (κ2) is 5.92. The molecule has 0 aliphatic rings. The minimum Gasteiger partial charge on any atom is -0.357 e. The zero-order valence-electron chi connectivity index (χ0n) is 10.3. The lowest BCUT2D eigenvalue weighted by Gasteiger charge is -2.10. The summed E-state index contributed by atoms with van der Waals surface area (Å²) >= 11 is 0. The van der Waals surface area contributed by atoms with E-state index >= 15 is 0 Å². The van der Waals surface area contributed by atoms with Gasteiger partial charge in [-0.2, -0.15) is 0 Å². The van der Waals surface area contributed by atoms with E-state index in [4.69, 9.17) is 0 Å². The Bertz CT molecular complexity index is 444. The third-order valence-electron chi connectivity index (χ3n) is 2.48. The van der Waals surface area contributed by atoms with Gasteiger partial charge in [-0.1, -0.05) is 20.3 Å². The van der Waals surface area contributed by atoms with Gasteiger partial charge in [-0.15, -0.1) is 0 Å². The van der Waals surface area contributed by atoms with Gasteiger partial charge in [0.25, 0.3) is 0 Å². The topological polar surface area (TPSA) is 84.0 Å². The molecule has 0 radical (unpaired) electrons. The van der Waals surface area contributed by atoms with Crippen LogP contribution in [-0.4, -0.2) is 32.0 Å². The van der Waals surface area contributed by atoms with Crippen molar-refractivity contribution in [1.29, 1.82) is 0 Å². The van der Waals surface area contributed by atoms with Gasteiger partial charge in [-0.05, 0) is 5.92 Å². The van der Waals surface area contributed by atoms with Crippen LogP contribution < -0.4 is 10.0 Å². The average Bonchev–Trinajstić information content (AvgIpc) is 2.36. The molecule has 0 aliphatic heterocycles. The van der Waals surface area contributed by atoms with Crippen molar-refractivity contribution in [3.63, 3.8) is 0 Å². The monoisotopic (exact) mass is 258 g/mol. The van der Waals surface area contributed by atoms with Crippen LogP contribution in [0.1, 0.15) is 20.3 Å². The van der Waals surface area contributed by atoms with Crippen molar-refractivity contribution in [1.82, 2.24) is 14.7 Å². The lowest BCUT2D eigenvalue weighted by molar-refractivity contribution is 0.528. The maximum absolute atomic E-state index is 11.8. The SMILES string of the molecule is CCC(C)CNS(=O)(=O)c1cnc(NC)nc1. The van der Waals surface area contributed by atoms with Crippen molar-refractivity contribution in [2.24, 2.45) is 5.92 Å². The third-order valence-corrected chi connectivity index (χ3v) is 3.86. The Morgan fingerprint density at radius 1 is 1.35 bits per heavy atom. The molecule has 0 aliphatic carbocycles. The summed E-state index contributed by atoms with van der Waals surface area (Å²) in [6, 6.07) is 0. The number of nitrogens with zero attached hydrogens (tertiary/aromatic N) is 2. The molecule has 0 bridgehead atoms. The van der Waals surface area contributed by atoms with Gasteiger partial charge in [-0.25, -0.2) is 23.1 Å². The Labute approximate surface area is 102 Å². The zero-order chi connectivity index (χ0) is 12.9. The van der Waals surface area contributed by atoms with E-state index in [-0.39, 0.29) is 4.90 Å². The van der Waals surface area contributed by atoms with Gasteiger partial charge < -0.3 is 5.32 Å². The Morgan fingerprint density at radius 3 is 2.41 bits per heavy atom. The van der Waals surface area contributed by atoms with Crippen LogP contribution in [0.3, 0.4) is 0 Å². The molecule has 7 heteroatoms. The predicted octanol–water partition coefficient (Wildman–Crippen LogP) is 0.843. The molecule has 1 unspecified atom stereocenters. The summed E-state index contributed by atoms with van der Waals surface area (Å²) in [5.74, 6) is 0.702. The second-order valence-corrected chi connectivity index (χ2v) is 5.62. The summed E-state index contributed by atoms with van der Waals surface area (Å²) in [5.41, 5.74) is 0. The zero-order valence-corrected chi connectivity index (χ0v) is 11.1. The number of anilines is 1. The van der Waals surface area contributed by atoms with E-state index in [9.17, 15) is 8.42 Å². The van der Waals surface area contributed by atoms with Crippen LogP contribution in [0.2, 0.25) is 0 Å². The lowest BCUT2D eigenvalue weighted by atomic mass is 10.1. The summed E-state index contributed by atoms with van der Waals surface area (Å²) in [7, 11) is -1.82. The molecule has 96 valence electrons. The normalized spacial score (nSPS) is 13.4. The van der Waals surface area contributed by atoms with Gasteiger partial charge >= 0.3 is 0 Å². The molecular formula is C10H18N4O2S. The van der Waals surface area contributed by atoms with Crippen molar-refractivity contribution in [3.8, 4) is 0 Å². The second-order valence-electron chi connectivity index (χ2n) is 3.86. The van der Waals surface area contributed by atoms with Crippen LogP contribution in [0, 0.1) is 5.92 Å². The molecule has 1 aromatic rings. The first-order chi connectivity index (χ1) is 7.99. The van der Waals surface area contributed by atoms with Crippen molar-refractivity contribution < 1.29 is 8.42 Å². The molecule has 1 atom stereocenters. The summed E-state index contributed by atoms with van der Waals surface area (Å²) < 4.78 is 26.2. The molecule has 2 N–H and O–H groups in total. The van der Waals surface area contributed by atoms with Crippen LogP contribution >= 0.6 is 0 Å². The largest absolute Gasteiger partial charge is 0.357 e. The fraction of sp³-hybridized carbons (Fsp3) is 0.600. The van der Waals surface area contributed by atoms with E-state index in [1.54, 1.807) is 7.05 Å². The first-order valence-electron chi connectivity index (χ1n) is 5.49. The van der Waals surface area contributed by atoms with Gasteiger partial charge in [0.1, 0.15) is 4.90 Å². The van der Waals surface area contributed by atoms with Gasteiger partial charge in [-0.3, -0.25) is 0 Å². The molecule has 0 fully saturated rings. The van der Waals surface area contributed by atoms with Crippen molar-refractivity contribution in [2.75, 3.05) is 18.9 Å². The van der Waals surface area contributed by atoms with Gasteiger partial charge in [0.15, 0.2) is 0 Å². The minimum atomic E-state index is -3.49. The van der Waals surface area contributed by atoms with Crippen molar-refractivity contribution in [3.05, 3.63) is 12.4 Å². The van der Waals surface area contributed by atoms with E-state index in [0.717, 1.165) is 6.42 Å². The molecule has 0 spiro atoms. The highest BCUT2D eigenvalue weighted by molar-refractivity contribution is 7.89. The molecule has 0 saturated carbocycles. The summed E-state index contributed by atoms with van der Waals surface area (Å²) in [4.78, 5) is 7.82.